The number of methoxy groups -OCH3 is 1. The van der Waals surface area contributed by atoms with Crippen molar-refractivity contribution in [3.05, 3.63) is 77.6 Å². The van der Waals surface area contributed by atoms with Crippen molar-refractivity contribution < 1.29 is 32.5 Å². The molecule has 0 aliphatic carbocycles. The topological polar surface area (TPSA) is 80.7 Å². The zero-order valence-electron chi connectivity index (χ0n) is 16.4. The minimum absolute atomic E-state index is 0.0982. The summed E-state index contributed by atoms with van der Waals surface area (Å²) in [5.74, 6) is 4.59. The van der Waals surface area contributed by atoms with Crippen LogP contribution in [0.1, 0.15) is 21.5 Å². The van der Waals surface area contributed by atoms with Crippen molar-refractivity contribution in [2.24, 2.45) is 0 Å². The Morgan fingerprint density at radius 1 is 1.09 bits per heavy atom. The maximum absolute atomic E-state index is 12.4. The lowest BCUT2D eigenvalue weighted by atomic mass is 10.2. The van der Waals surface area contributed by atoms with Crippen molar-refractivity contribution in [3.8, 4) is 23.3 Å². The van der Waals surface area contributed by atoms with Crippen LogP contribution >= 0.6 is 11.9 Å². The third-order valence-corrected chi connectivity index (χ3v) is 4.64. The number of hydrogen-bond acceptors (Lipinski definition) is 6. The van der Waals surface area contributed by atoms with Gasteiger partial charge in [0.1, 0.15) is 11.5 Å². The van der Waals surface area contributed by atoms with Gasteiger partial charge in [-0.15, -0.1) is 13.2 Å². The van der Waals surface area contributed by atoms with Crippen molar-refractivity contribution >= 4 is 23.6 Å². The van der Waals surface area contributed by atoms with Crippen LogP contribution in [0.25, 0.3) is 0 Å². The zero-order valence-corrected chi connectivity index (χ0v) is 17.3. The first-order valence-corrected chi connectivity index (χ1v) is 9.72. The Kier molecular flexibility index (Phi) is 7.12. The molecule has 6 nitrogen and oxygen atoms in total. The van der Waals surface area contributed by atoms with E-state index in [2.05, 4.69) is 26.3 Å². The van der Waals surface area contributed by atoms with Crippen LogP contribution in [0, 0.1) is 11.8 Å². The van der Waals surface area contributed by atoms with E-state index in [1.807, 2.05) is 0 Å². The second-order valence-corrected chi connectivity index (χ2v) is 7.04. The number of carbonyl (C=O) groups is 1. The molecule has 0 atom stereocenters. The van der Waals surface area contributed by atoms with Crippen LogP contribution in [0.3, 0.4) is 0 Å². The third-order valence-electron chi connectivity index (χ3n) is 3.86. The molecule has 0 amide bonds. The fraction of sp³-hybridized carbons (Fsp3) is 0.0909. The molecule has 0 aliphatic heterocycles. The molecular weight excluding hydrogens is 445 g/mol. The predicted molar refractivity (Wildman–Crippen MR) is 113 cm³/mol. The molecule has 32 heavy (non-hydrogen) atoms. The van der Waals surface area contributed by atoms with Gasteiger partial charge < -0.3 is 19.3 Å². The molecule has 0 aliphatic rings. The van der Waals surface area contributed by atoms with E-state index in [4.69, 9.17) is 9.84 Å². The Balaban J connectivity index is 1.71. The molecule has 10 heteroatoms. The summed E-state index contributed by atoms with van der Waals surface area (Å²) in [6, 6.07) is 11.6. The van der Waals surface area contributed by atoms with Gasteiger partial charge in [-0.2, -0.15) is 0 Å². The van der Waals surface area contributed by atoms with Gasteiger partial charge in [0.2, 0.25) is 0 Å². The number of nitrogens with one attached hydrogen (secondary N) is 1. The van der Waals surface area contributed by atoms with E-state index in [1.165, 1.54) is 55.6 Å². The lowest BCUT2D eigenvalue weighted by molar-refractivity contribution is -0.274. The molecule has 2 N–H and O–H groups in total. The molecule has 0 spiro atoms. The Hall–Kier alpha value is -3.84. The van der Waals surface area contributed by atoms with Crippen molar-refractivity contribution in [2.75, 3.05) is 11.8 Å². The molecule has 1 aromatic heterocycles. The van der Waals surface area contributed by atoms with Gasteiger partial charge >= 0.3 is 12.3 Å². The van der Waals surface area contributed by atoms with E-state index in [0.29, 0.717) is 27.5 Å². The van der Waals surface area contributed by atoms with Crippen molar-refractivity contribution in [3.63, 3.8) is 0 Å². The number of aromatic carboxylic acids is 1. The van der Waals surface area contributed by atoms with Crippen LogP contribution < -0.4 is 14.2 Å². The summed E-state index contributed by atoms with van der Waals surface area (Å²) in [5.41, 5.74) is 1.57. The highest BCUT2D eigenvalue weighted by Crippen LogP contribution is 2.30. The van der Waals surface area contributed by atoms with Crippen LogP contribution in [-0.4, -0.2) is 29.5 Å². The Morgan fingerprint density at radius 2 is 1.88 bits per heavy atom. The maximum Gasteiger partial charge on any atom is 0.573 e. The van der Waals surface area contributed by atoms with Crippen LogP contribution in [0.5, 0.6) is 11.5 Å². The molecule has 0 fully saturated rings. The van der Waals surface area contributed by atoms with Gasteiger partial charge in [0.15, 0.2) is 0 Å². The maximum atomic E-state index is 12.4. The summed E-state index contributed by atoms with van der Waals surface area (Å²) in [7, 11) is 1.43. The normalized spacial score (nSPS) is 10.6. The van der Waals surface area contributed by atoms with E-state index in [0.717, 1.165) is 0 Å². The number of ether oxygens (including phenoxy) is 2. The average Bonchev–Trinajstić information content (AvgIpc) is 2.75. The smallest absolute Gasteiger partial charge is 0.495 e. The van der Waals surface area contributed by atoms with Gasteiger partial charge in [0.05, 0.1) is 18.4 Å². The van der Waals surface area contributed by atoms with Crippen LogP contribution in [0.4, 0.5) is 18.9 Å². The monoisotopic (exact) mass is 460 g/mol. The highest BCUT2D eigenvalue weighted by Gasteiger charge is 2.31. The molecule has 0 bridgehead atoms. The summed E-state index contributed by atoms with van der Waals surface area (Å²) in [5, 5.41) is 9.07. The van der Waals surface area contributed by atoms with Crippen molar-refractivity contribution in [2.45, 2.75) is 11.3 Å². The number of benzene rings is 2. The summed E-state index contributed by atoms with van der Waals surface area (Å²) < 4.78 is 49.2. The average molecular weight is 460 g/mol. The number of nitrogens with zero attached hydrogens (tertiary/aromatic N) is 1. The number of aromatic nitrogens is 1. The number of carboxylic acids is 1. The van der Waals surface area contributed by atoms with E-state index < -0.39 is 12.3 Å². The Labute approximate surface area is 185 Å². The van der Waals surface area contributed by atoms with Crippen molar-refractivity contribution in [1.29, 1.82) is 0 Å². The SMILES string of the molecule is COc1cc(C(=O)O)ccc1NSc1cncc(C#Cc2cccc(OC(F)(F)F)c2)c1. The minimum atomic E-state index is -4.77. The summed E-state index contributed by atoms with van der Waals surface area (Å²) in [6.07, 6.45) is -1.65. The highest BCUT2D eigenvalue weighted by molar-refractivity contribution is 8.00. The third kappa shape index (κ3) is 6.58. The van der Waals surface area contributed by atoms with Crippen LogP contribution in [0.15, 0.2) is 65.8 Å². The molecule has 0 unspecified atom stereocenters. The summed E-state index contributed by atoms with van der Waals surface area (Å²) >= 11 is 1.21. The predicted octanol–water partition coefficient (Wildman–Crippen LogP) is 5.21. The van der Waals surface area contributed by atoms with E-state index in [9.17, 15) is 18.0 Å². The molecule has 3 rings (SSSR count). The molecule has 164 valence electrons. The van der Waals surface area contributed by atoms with Crippen LogP contribution in [-0.2, 0) is 0 Å². The molecule has 2 aromatic carbocycles. The minimum Gasteiger partial charge on any atom is -0.495 e. The largest absolute Gasteiger partial charge is 0.573 e. The summed E-state index contributed by atoms with van der Waals surface area (Å²) in [6.45, 7) is 0. The molecular formula is C22H15F3N2O4S. The number of halogens is 3. The molecule has 0 radical (unpaired) electrons. The van der Waals surface area contributed by atoms with Gasteiger partial charge in [0, 0.05) is 28.4 Å². The van der Waals surface area contributed by atoms with Crippen LogP contribution in [0.2, 0.25) is 0 Å². The van der Waals surface area contributed by atoms with Gasteiger partial charge in [-0.1, -0.05) is 17.9 Å². The number of anilines is 1. The molecule has 3 aromatic rings. The van der Waals surface area contributed by atoms with E-state index in [-0.39, 0.29) is 11.3 Å². The number of carboxylic acid groups (broad SMARTS) is 1. The van der Waals surface area contributed by atoms with Gasteiger partial charge in [-0.25, -0.2) is 4.79 Å². The Morgan fingerprint density at radius 3 is 2.59 bits per heavy atom. The van der Waals surface area contributed by atoms with E-state index >= 15 is 0 Å². The standard InChI is InChI=1S/C22H15F3N2O4S/c1-30-20-11-16(21(28)29)7-8-19(20)27-32-18-10-15(12-26-13-18)6-5-14-3-2-4-17(9-14)31-22(23,24)25/h2-4,7-13,27H,1H3,(H,28,29). The number of rotatable bonds is 6. The lowest BCUT2D eigenvalue weighted by Crippen LogP contribution is -2.17. The quantitative estimate of drug-likeness (QED) is 0.386. The van der Waals surface area contributed by atoms with E-state index in [1.54, 1.807) is 24.4 Å². The van der Waals surface area contributed by atoms with Crippen molar-refractivity contribution in [1.82, 2.24) is 4.98 Å². The molecule has 0 saturated heterocycles. The number of hydrogen-bond donors (Lipinski definition) is 2. The Bertz CT molecular complexity index is 1190. The molecule has 0 saturated carbocycles. The first kappa shape index (κ1) is 22.8. The highest BCUT2D eigenvalue weighted by atomic mass is 32.2. The number of pyridine rings is 1. The first-order chi connectivity index (χ1) is 15.2. The first-order valence-electron chi connectivity index (χ1n) is 8.90. The summed E-state index contributed by atoms with van der Waals surface area (Å²) in [4.78, 5) is 15.9. The number of alkyl halides is 3. The second kappa shape index (κ2) is 9.98. The molecule has 1 heterocycles. The van der Waals surface area contributed by atoms with Gasteiger partial charge in [-0.05, 0) is 54.4 Å². The fourth-order valence-electron chi connectivity index (χ4n) is 2.48. The zero-order chi connectivity index (χ0) is 23.1. The van der Waals surface area contributed by atoms with Gasteiger partial charge in [-0.3, -0.25) is 4.98 Å². The lowest BCUT2D eigenvalue weighted by Gasteiger charge is -2.11. The fourth-order valence-corrected chi connectivity index (χ4v) is 3.18. The van der Waals surface area contributed by atoms with Gasteiger partial charge in [0.25, 0.3) is 0 Å². The second-order valence-electron chi connectivity index (χ2n) is 6.16.